The molecule has 0 radical (unpaired) electrons. The van der Waals surface area contributed by atoms with Crippen LogP contribution in [-0.4, -0.2) is 13.3 Å². The van der Waals surface area contributed by atoms with Crippen molar-refractivity contribution in [3.05, 3.63) is 0 Å². The minimum atomic E-state index is -1.53. The van der Waals surface area contributed by atoms with Crippen LogP contribution in [0.2, 0.25) is 20.0 Å². The van der Waals surface area contributed by atoms with Crippen LogP contribution in [0.15, 0.2) is 0 Å². The van der Waals surface area contributed by atoms with Gasteiger partial charge in [0.05, 0.1) is 0 Å². The summed E-state index contributed by atoms with van der Waals surface area (Å²) >= 11 is -1.53. The van der Waals surface area contributed by atoms with Crippen molar-refractivity contribution in [1.82, 2.24) is 0 Å². The van der Waals surface area contributed by atoms with E-state index in [0.29, 0.717) is 0 Å². The van der Waals surface area contributed by atoms with Gasteiger partial charge in [0.1, 0.15) is 0 Å². The molecule has 0 aromatic carbocycles. The van der Waals surface area contributed by atoms with Gasteiger partial charge in [-0.3, -0.25) is 0 Å². The molecule has 88 valence electrons. The second-order valence-electron chi connectivity index (χ2n) is 6.48. The van der Waals surface area contributed by atoms with Crippen molar-refractivity contribution in [3.63, 3.8) is 0 Å². The molecular weight excluding hydrogens is 241 g/mol. The minimum absolute atomic E-state index is 1.07. The maximum absolute atomic E-state index is 2.80. The summed E-state index contributed by atoms with van der Waals surface area (Å²) in [6, 6.07) is 0. The van der Waals surface area contributed by atoms with Gasteiger partial charge >= 0.3 is 98.5 Å². The van der Waals surface area contributed by atoms with Crippen molar-refractivity contribution in [1.29, 1.82) is 0 Å². The third kappa shape index (κ3) is 2.16. The Morgan fingerprint density at radius 3 is 1.40 bits per heavy atom. The van der Waals surface area contributed by atoms with E-state index < -0.39 is 13.3 Å². The zero-order valence-corrected chi connectivity index (χ0v) is 13.0. The Balaban J connectivity index is 2.14. The molecule has 1 heteroatoms. The molecule has 0 spiro atoms. The molecule has 0 heterocycles. The molecular formula is C14H28Ge. The first-order chi connectivity index (χ1) is 7.15. The van der Waals surface area contributed by atoms with Crippen LogP contribution in [0.3, 0.4) is 0 Å². The first-order valence-electron chi connectivity index (χ1n) is 7.15. The van der Waals surface area contributed by atoms with E-state index in [1.54, 1.807) is 51.4 Å². The quantitative estimate of drug-likeness (QED) is 0.604. The van der Waals surface area contributed by atoms with Gasteiger partial charge in [0.25, 0.3) is 0 Å². The Kier molecular flexibility index (Phi) is 3.85. The van der Waals surface area contributed by atoms with Crippen LogP contribution in [0.25, 0.3) is 0 Å². The first-order valence-corrected chi connectivity index (χ1v) is 12.9. The van der Waals surface area contributed by atoms with Crippen LogP contribution in [0, 0.1) is 0 Å². The molecule has 2 aliphatic carbocycles. The Morgan fingerprint density at radius 1 is 0.800 bits per heavy atom. The van der Waals surface area contributed by atoms with Gasteiger partial charge in [-0.1, -0.05) is 0 Å². The van der Waals surface area contributed by atoms with Gasteiger partial charge in [-0.15, -0.1) is 0 Å². The van der Waals surface area contributed by atoms with Crippen LogP contribution < -0.4 is 0 Å². The van der Waals surface area contributed by atoms with Gasteiger partial charge in [0, 0.05) is 0 Å². The normalized spacial score (nSPS) is 25.6. The zero-order valence-electron chi connectivity index (χ0n) is 10.9. The molecule has 0 aromatic rings. The Bertz CT molecular complexity index is 181. The summed E-state index contributed by atoms with van der Waals surface area (Å²) in [5.74, 6) is 2.80. The van der Waals surface area contributed by atoms with E-state index in [-0.39, 0.29) is 0 Å². The Labute approximate surface area is 98.6 Å². The fourth-order valence-electron chi connectivity index (χ4n) is 4.37. The average Bonchev–Trinajstić information content (AvgIpc) is 2.89. The third-order valence-corrected chi connectivity index (χ3v) is 20.7. The van der Waals surface area contributed by atoms with E-state index in [1.807, 2.05) is 0 Å². The van der Waals surface area contributed by atoms with Crippen molar-refractivity contribution in [2.45, 2.75) is 85.2 Å². The molecule has 0 atom stereocenters. The summed E-state index contributed by atoms with van der Waals surface area (Å²) in [5, 5.41) is 0. The predicted molar refractivity (Wildman–Crippen MR) is 71.2 cm³/mol. The van der Waals surface area contributed by atoms with E-state index >= 15 is 0 Å². The number of hydrogen-bond donors (Lipinski definition) is 0. The first kappa shape index (κ1) is 12.0. The fourth-order valence-corrected chi connectivity index (χ4v) is 16.7. The second kappa shape index (κ2) is 4.81. The third-order valence-electron chi connectivity index (χ3n) is 5.71. The van der Waals surface area contributed by atoms with Crippen LogP contribution in [0.1, 0.15) is 65.2 Å². The fraction of sp³-hybridized carbons (Fsp3) is 1.00. The van der Waals surface area contributed by atoms with Crippen molar-refractivity contribution in [3.8, 4) is 0 Å². The van der Waals surface area contributed by atoms with E-state index in [9.17, 15) is 0 Å². The van der Waals surface area contributed by atoms with Crippen molar-refractivity contribution in [2.75, 3.05) is 0 Å². The van der Waals surface area contributed by atoms with Gasteiger partial charge in [-0.05, 0) is 0 Å². The van der Waals surface area contributed by atoms with E-state index in [2.05, 4.69) is 19.6 Å². The van der Waals surface area contributed by atoms with Crippen molar-refractivity contribution in [2.24, 2.45) is 0 Å². The Morgan fingerprint density at radius 2 is 1.13 bits per heavy atom. The van der Waals surface area contributed by atoms with Gasteiger partial charge in [0.15, 0.2) is 0 Å². The van der Waals surface area contributed by atoms with Crippen molar-refractivity contribution >= 4 is 13.3 Å². The van der Waals surface area contributed by atoms with Crippen molar-refractivity contribution < 1.29 is 0 Å². The summed E-state index contributed by atoms with van der Waals surface area (Å²) in [5.41, 5.74) is 0. The molecule has 0 bridgehead atoms. The monoisotopic (exact) mass is 270 g/mol. The molecule has 2 fully saturated rings. The van der Waals surface area contributed by atoms with Gasteiger partial charge < -0.3 is 0 Å². The molecule has 2 saturated carbocycles. The SMILES string of the molecule is C[CH](C)[Ge]([CH3])([CH]1CCCC1)[CH]1CCCC1. The summed E-state index contributed by atoms with van der Waals surface area (Å²) in [4.78, 5) is 0. The molecule has 0 nitrogen and oxygen atoms in total. The van der Waals surface area contributed by atoms with Crippen LogP contribution >= 0.6 is 0 Å². The van der Waals surface area contributed by atoms with Gasteiger partial charge in [-0.25, -0.2) is 0 Å². The van der Waals surface area contributed by atoms with Gasteiger partial charge in [-0.2, -0.15) is 0 Å². The molecule has 0 saturated heterocycles. The number of hydrogen-bond acceptors (Lipinski definition) is 0. The second-order valence-corrected chi connectivity index (χ2v) is 18.1. The standard InChI is InChI=1S/C14H28Ge/c1-12(2)15(3,13-8-4-5-9-13)14-10-6-7-11-14/h12-14H,4-11H2,1-3H3. The molecule has 0 N–H and O–H groups in total. The van der Waals surface area contributed by atoms with Crippen LogP contribution in [0.5, 0.6) is 0 Å². The maximum atomic E-state index is 2.80. The molecule has 0 aromatic heterocycles. The topological polar surface area (TPSA) is 0 Å². The van der Waals surface area contributed by atoms with E-state index in [1.165, 1.54) is 9.50 Å². The zero-order chi connectivity index (χ0) is 10.9. The summed E-state index contributed by atoms with van der Waals surface area (Å²) in [7, 11) is 0. The number of rotatable bonds is 3. The molecule has 0 aliphatic heterocycles. The van der Waals surface area contributed by atoms with Gasteiger partial charge in [0.2, 0.25) is 0 Å². The molecule has 15 heavy (non-hydrogen) atoms. The van der Waals surface area contributed by atoms with E-state index in [0.717, 1.165) is 4.75 Å². The molecule has 0 unspecified atom stereocenters. The van der Waals surface area contributed by atoms with Crippen LogP contribution in [0.4, 0.5) is 0 Å². The summed E-state index contributed by atoms with van der Waals surface area (Å²) in [6.07, 6.45) is 12.6. The average molecular weight is 269 g/mol. The summed E-state index contributed by atoms with van der Waals surface area (Å²) < 4.78 is 3.53. The van der Waals surface area contributed by atoms with E-state index in [4.69, 9.17) is 0 Å². The molecule has 2 aliphatic rings. The molecule has 0 amide bonds. The molecule has 2 rings (SSSR count). The Hall–Kier alpha value is 0.543. The van der Waals surface area contributed by atoms with Crippen LogP contribution in [-0.2, 0) is 0 Å². The summed E-state index contributed by atoms with van der Waals surface area (Å²) in [6.45, 7) is 5.10. The predicted octanol–water partition coefficient (Wildman–Crippen LogP) is 5.36.